The zero-order valence-corrected chi connectivity index (χ0v) is 15.9. The van der Waals surface area contributed by atoms with Gasteiger partial charge in [-0.1, -0.05) is 30.8 Å². The first-order valence-corrected chi connectivity index (χ1v) is 9.69. The van der Waals surface area contributed by atoms with Crippen molar-refractivity contribution in [1.29, 1.82) is 0 Å². The molecule has 1 amide bonds. The third kappa shape index (κ3) is 3.93. The van der Waals surface area contributed by atoms with E-state index in [4.69, 9.17) is 9.72 Å². The molecule has 3 aromatic rings. The number of methoxy groups -OCH3 is 1. The van der Waals surface area contributed by atoms with Crippen molar-refractivity contribution in [2.45, 2.75) is 30.5 Å². The first-order chi connectivity index (χ1) is 12.1. The summed E-state index contributed by atoms with van der Waals surface area (Å²) in [5.41, 5.74) is 1.93. The average molecular weight is 374 g/mol. The molecule has 1 aromatic carbocycles. The van der Waals surface area contributed by atoms with E-state index in [-0.39, 0.29) is 11.2 Å². The number of amides is 1. The number of aryl methyl sites for hydroxylation is 1. The molecule has 0 radical (unpaired) electrons. The van der Waals surface area contributed by atoms with Crippen LogP contribution in [0.1, 0.15) is 18.9 Å². The lowest BCUT2D eigenvalue weighted by Gasteiger charge is -2.15. The second-order valence-corrected chi connectivity index (χ2v) is 7.59. The third-order valence-corrected chi connectivity index (χ3v) is 5.77. The Morgan fingerprint density at radius 1 is 1.44 bits per heavy atom. The summed E-state index contributed by atoms with van der Waals surface area (Å²) in [5.74, 6) is 0.686. The molecule has 1 atom stereocenters. The Bertz CT molecular complexity index is 881. The summed E-state index contributed by atoms with van der Waals surface area (Å²) >= 11 is 2.88. The number of rotatable bonds is 6. The molecule has 0 spiro atoms. The van der Waals surface area contributed by atoms with Crippen molar-refractivity contribution in [3.8, 4) is 5.75 Å². The number of ether oxygens (including phenoxy) is 1. The molecule has 0 saturated carbocycles. The molecule has 2 heterocycles. The molecule has 130 valence electrons. The van der Waals surface area contributed by atoms with Crippen molar-refractivity contribution in [3.05, 3.63) is 41.4 Å². The molecule has 0 aliphatic carbocycles. The highest BCUT2D eigenvalue weighted by Gasteiger charge is 2.20. The van der Waals surface area contributed by atoms with Crippen LogP contribution in [0.15, 0.2) is 40.9 Å². The molecule has 1 unspecified atom stereocenters. The summed E-state index contributed by atoms with van der Waals surface area (Å²) in [6.45, 7) is 4.04. The highest BCUT2D eigenvalue weighted by Crippen LogP contribution is 2.32. The summed E-state index contributed by atoms with van der Waals surface area (Å²) in [6, 6.07) is 7.90. The van der Waals surface area contributed by atoms with Crippen molar-refractivity contribution in [3.63, 3.8) is 0 Å². The van der Waals surface area contributed by atoms with Gasteiger partial charge in [0.25, 0.3) is 0 Å². The highest BCUT2D eigenvalue weighted by molar-refractivity contribution is 8.00. The minimum Gasteiger partial charge on any atom is -0.494 e. The van der Waals surface area contributed by atoms with Crippen LogP contribution in [0.3, 0.4) is 0 Å². The minimum atomic E-state index is -0.233. The fourth-order valence-electron chi connectivity index (χ4n) is 2.53. The molecule has 5 nitrogen and oxygen atoms in total. The maximum atomic E-state index is 12.5. The summed E-state index contributed by atoms with van der Waals surface area (Å²) in [4.78, 5) is 21.3. The van der Waals surface area contributed by atoms with Crippen molar-refractivity contribution in [2.24, 2.45) is 0 Å². The molecular weight excluding hydrogens is 354 g/mol. The Morgan fingerprint density at radius 2 is 2.28 bits per heavy atom. The number of hydrogen-bond acceptors (Lipinski definition) is 6. The molecular formula is C18H19N3O2S2. The number of pyridine rings is 1. The number of nitrogens with one attached hydrogen (secondary N) is 1. The fourth-order valence-corrected chi connectivity index (χ4v) is 4.07. The molecule has 2 aromatic heterocycles. The van der Waals surface area contributed by atoms with Crippen LogP contribution in [0.25, 0.3) is 10.9 Å². The van der Waals surface area contributed by atoms with Crippen molar-refractivity contribution in [2.75, 3.05) is 12.4 Å². The van der Waals surface area contributed by atoms with E-state index in [0.29, 0.717) is 11.6 Å². The predicted molar refractivity (Wildman–Crippen MR) is 104 cm³/mol. The number of aromatic nitrogens is 2. The van der Waals surface area contributed by atoms with Gasteiger partial charge in [-0.3, -0.25) is 4.79 Å². The van der Waals surface area contributed by atoms with Gasteiger partial charge in [0.2, 0.25) is 5.91 Å². The minimum absolute atomic E-state index is 0.0537. The standard InChI is InChI=1S/C18H19N3O2S2/c1-4-14(17(22)21-18-19-8-9-24-18)25-15-10-11(2)12-6-5-7-13(23-3)16(12)20-15/h5-10,14H,4H2,1-3H3,(H,19,21,22). The Balaban J connectivity index is 1.86. The molecule has 25 heavy (non-hydrogen) atoms. The van der Waals surface area contributed by atoms with E-state index in [1.165, 1.54) is 23.1 Å². The first kappa shape index (κ1) is 17.7. The van der Waals surface area contributed by atoms with Gasteiger partial charge in [-0.15, -0.1) is 11.3 Å². The lowest BCUT2D eigenvalue weighted by molar-refractivity contribution is -0.115. The van der Waals surface area contributed by atoms with E-state index >= 15 is 0 Å². The number of nitrogens with zero attached hydrogens (tertiary/aromatic N) is 2. The Morgan fingerprint density at radius 3 is 2.96 bits per heavy atom. The van der Waals surface area contributed by atoms with Gasteiger partial charge >= 0.3 is 0 Å². The number of fused-ring (bicyclic) bond motifs is 1. The van der Waals surface area contributed by atoms with Crippen molar-refractivity contribution in [1.82, 2.24) is 9.97 Å². The van der Waals surface area contributed by atoms with Gasteiger partial charge in [-0.25, -0.2) is 9.97 Å². The average Bonchev–Trinajstić information content (AvgIpc) is 3.12. The maximum absolute atomic E-state index is 12.5. The van der Waals surface area contributed by atoms with Gasteiger partial charge in [0.15, 0.2) is 5.13 Å². The fraction of sp³-hybridized carbons (Fsp3) is 0.278. The predicted octanol–water partition coefficient (Wildman–Crippen LogP) is 4.52. The lowest BCUT2D eigenvalue weighted by atomic mass is 10.1. The topological polar surface area (TPSA) is 64.1 Å². The van der Waals surface area contributed by atoms with E-state index in [9.17, 15) is 4.79 Å². The van der Waals surface area contributed by atoms with Crippen LogP contribution < -0.4 is 10.1 Å². The van der Waals surface area contributed by atoms with Crippen LogP contribution in [-0.4, -0.2) is 28.2 Å². The molecule has 3 rings (SSSR count). The number of thioether (sulfide) groups is 1. The van der Waals surface area contributed by atoms with Crippen LogP contribution in [0.4, 0.5) is 5.13 Å². The zero-order valence-electron chi connectivity index (χ0n) is 14.3. The van der Waals surface area contributed by atoms with Gasteiger partial charge < -0.3 is 10.1 Å². The quantitative estimate of drug-likeness (QED) is 0.644. The molecule has 0 aliphatic heterocycles. The lowest BCUT2D eigenvalue weighted by Crippen LogP contribution is -2.24. The Kier molecular flexibility index (Phi) is 5.55. The zero-order chi connectivity index (χ0) is 17.8. The largest absolute Gasteiger partial charge is 0.494 e. The van der Waals surface area contributed by atoms with Crippen LogP contribution in [-0.2, 0) is 4.79 Å². The van der Waals surface area contributed by atoms with Gasteiger partial charge in [-0.05, 0) is 31.0 Å². The van der Waals surface area contributed by atoms with Crippen molar-refractivity contribution < 1.29 is 9.53 Å². The van der Waals surface area contributed by atoms with Gasteiger partial charge in [0, 0.05) is 17.0 Å². The number of thiazole rings is 1. The van der Waals surface area contributed by atoms with E-state index in [2.05, 4.69) is 10.3 Å². The summed E-state index contributed by atoms with van der Waals surface area (Å²) in [5, 5.41) is 6.96. The smallest absolute Gasteiger partial charge is 0.239 e. The Hall–Kier alpha value is -2.12. The van der Waals surface area contributed by atoms with Crippen LogP contribution >= 0.6 is 23.1 Å². The number of carbonyl (C=O) groups is 1. The molecule has 0 aliphatic rings. The van der Waals surface area contributed by atoms with Gasteiger partial charge in [0.05, 0.1) is 17.4 Å². The van der Waals surface area contributed by atoms with E-state index < -0.39 is 0 Å². The van der Waals surface area contributed by atoms with Crippen molar-refractivity contribution >= 4 is 45.0 Å². The summed E-state index contributed by atoms with van der Waals surface area (Å²) in [6.07, 6.45) is 2.38. The molecule has 0 bridgehead atoms. The van der Waals surface area contributed by atoms with Crippen LogP contribution in [0.5, 0.6) is 5.75 Å². The number of hydrogen-bond donors (Lipinski definition) is 1. The maximum Gasteiger partial charge on any atom is 0.239 e. The van der Waals surface area contributed by atoms with Gasteiger partial charge in [-0.2, -0.15) is 0 Å². The monoisotopic (exact) mass is 373 g/mol. The highest BCUT2D eigenvalue weighted by atomic mass is 32.2. The SMILES string of the molecule is CCC(Sc1cc(C)c2cccc(OC)c2n1)C(=O)Nc1nccs1. The first-order valence-electron chi connectivity index (χ1n) is 7.93. The van der Waals surface area contributed by atoms with E-state index in [1.807, 2.05) is 43.5 Å². The summed E-state index contributed by atoms with van der Waals surface area (Å²) < 4.78 is 5.43. The molecule has 1 N–H and O–H groups in total. The van der Waals surface area contributed by atoms with E-state index in [1.54, 1.807) is 13.3 Å². The number of benzene rings is 1. The molecule has 7 heteroatoms. The normalized spacial score (nSPS) is 12.1. The Labute approximate surface area is 154 Å². The number of anilines is 1. The molecule has 0 fully saturated rings. The van der Waals surface area contributed by atoms with Gasteiger partial charge in [0.1, 0.15) is 11.3 Å². The molecule has 0 saturated heterocycles. The van der Waals surface area contributed by atoms with E-state index in [0.717, 1.165) is 27.2 Å². The summed E-state index contributed by atoms with van der Waals surface area (Å²) in [7, 11) is 1.64. The number of carbonyl (C=O) groups excluding carboxylic acids is 1. The van der Waals surface area contributed by atoms with Crippen LogP contribution in [0, 0.1) is 6.92 Å². The third-order valence-electron chi connectivity index (χ3n) is 3.79. The number of para-hydroxylation sites is 1. The van der Waals surface area contributed by atoms with Crippen LogP contribution in [0.2, 0.25) is 0 Å². The second kappa shape index (κ2) is 7.84. The second-order valence-electron chi connectivity index (χ2n) is 5.48.